The molecule has 0 radical (unpaired) electrons. The van der Waals surface area contributed by atoms with Crippen molar-refractivity contribution < 1.29 is 4.74 Å². The second-order valence-corrected chi connectivity index (χ2v) is 6.59. The van der Waals surface area contributed by atoms with Gasteiger partial charge in [-0.2, -0.15) is 0 Å². The molecule has 0 aromatic heterocycles. The Bertz CT molecular complexity index is 684. The zero-order chi connectivity index (χ0) is 13.1. The van der Waals surface area contributed by atoms with Gasteiger partial charge in [0.2, 0.25) is 0 Å². The molecule has 0 aliphatic heterocycles. The van der Waals surface area contributed by atoms with Crippen molar-refractivity contribution in [1.29, 1.82) is 0 Å². The number of hydrogen-bond donors (Lipinski definition) is 0. The summed E-state index contributed by atoms with van der Waals surface area (Å²) in [5.74, 6) is 0.914. The van der Waals surface area contributed by atoms with Crippen LogP contribution in [0.3, 0.4) is 0 Å². The van der Waals surface area contributed by atoms with E-state index in [2.05, 4.69) is 54.6 Å². The molecule has 0 spiro atoms. The topological polar surface area (TPSA) is 9.23 Å². The summed E-state index contributed by atoms with van der Waals surface area (Å²) in [4.78, 5) is 0. The minimum absolute atomic E-state index is 0.327. The number of methoxy groups -OCH3 is 1. The molecule has 1 nitrogen and oxygen atoms in total. The third kappa shape index (κ3) is 2.65. The molecule has 0 aliphatic rings. The molecule has 3 aromatic rings. The predicted octanol–water partition coefficient (Wildman–Crippen LogP) is 2.50. The first kappa shape index (κ1) is 12.3. The van der Waals surface area contributed by atoms with Crippen LogP contribution < -0.4 is 13.7 Å². The van der Waals surface area contributed by atoms with E-state index in [-0.39, 0.29) is 0 Å². The Labute approximate surface area is 119 Å². The fourth-order valence-electron chi connectivity index (χ4n) is 2.06. The van der Waals surface area contributed by atoms with E-state index >= 15 is 0 Å². The molecule has 0 bridgehead atoms. The van der Waals surface area contributed by atoms with Gasteiger partial charge in [0, 0.05) is 0 Å². The molecule has 0 aliphatic carbocycles. The van der Waals surface area contributed by atoms with Crippen LogP contribution in [-0.2, 0) is 0 Å². The number of hydrogen-bond acceptors (Lipinski definition) is 1. The summed E-state index contributed by atoms with van der Waals surface area (Å²) in [5.41, 5.74) is 0. The van der Waals surface area contributed by atoms with Gasteiger partial charge in [0.15, 0.2) is 0 Å². The molecule has 3 aromatic carbocycles. The normalized spacial score (nSPS) is 10.6. The van der Waals surface area contributed by atoms with Gasteiger partial charge in [-0.05, 0) is 0 Å². The molecule has 19 heavy (non-hydrogen) atoms. The molecule has 2 heteroatoms. The van der Waals surface area contributed by atoms with Crippen LogP contribution in [0.25, 0.3) is 10.8 Å². The van der Waals surface area contributed by atoms with E-state index in [4.69, 9.17) is 4.74 Å². The van der Waals surface area contributed by atoms with Crippen molar-refractivity contribution >= 4 is 34.7 Å². The van der Waals surface area contributed by atoms with Gasteiger partial charge >= 0.3 is 119 Å². The van der Waals surface area contributed by atoms with Gasteiger partial charge in [0.05, 0.1) is 0 Å². The van der Waals surface area contributed by atoms with Crippen molar-refractivity contribution in [2.45, 2.75) is 0 Å². The third-order valence-electron chi connectivity index (χ3n) is 3.04. The molecular formula is C17H14OSe. The molecule has 0 saturated heterocycles. The summed E-state index contributed by atoms with van der Waals surface area (Å²) in [5, 5.41) is 2.68. The van der Waals surface area contributed by atoms with Crippen molar-refractivity contribution in [2.24, 2.45) is 0 Å². The molecule has 0 amide bonds. The molecule has 0 atom stereocenters. The monoisotopic (exact) mass is 314 g/mol. The summed E-state index contributed by atoms with van der Waals surface area (Å²) in [6.07, 6.45) is 0. The van der Waals surface area contributed by atoms with Crippen LogP contribution in [0.4, 0.5) is 0 Å². The minimum atomic E-state index is 0.327. The van der Waals surface area contributed by atoms with Crippen LogP contribution in [0.15, 0.2) is 66.7 Å². The quantitative estimate of drug-likeness (QED) is 0.675. The number of fused-ring (bicyclic) bond motifs is 1. The van der Waals surface area contributed by atoms with E-state index in [0.29, 0.717) is 15.0 Å². The van der Waals surface area contributed by atoms with E-state index in [1.807, 2.05) is 12.1 Å². The van der Waals surface area contributed by atoms with E-state index in [1.165, 1.54) is 19.7 Å². The first-order valence-electron chi connectivity index (χ1n) is 6.16. The maximum absolute atomic E-state index is 5.20. The van der Waals surface area contributed by atoms with Gasteiger partial charge in [-0.3, -0.25) is 0 Å². The number of rotatable bonds is 3. The summed E-state index contributed by atoms with van der Waals surface area (Å²) >= 11 is 0.327. The van der Waals surface area contributed by atoms with Crippen molar-refractivity contribution in [3.63, 3.8) is 0 Å². The summed E-state index contributed by atoms with van der Waals surface area (Å²) in [6, 6.07) is 23.5. The fraction of sp³-hybridized carbons (Fsp3) is 0.0588. The average Bonchev–Trinajstić information content (AvgIpc) is 2.48. The second kappa shape index (κ2) is 5.48. The number of ether oxygens (including phenoxy) is 1. The van der Waals surface area contributed by atoms with Gasteiger partial charge in [-0.25, -0.2) is 0 Å². The van der Waals surface area contributed by atoms with Crippen molar-refractivity contribution in [3.8, 4) is 5.75 Å². The summed E-state index contributed by atoms with van der Waals surface area (Å²) in [6.45, 7) is 0. The molecule has 3 rings (SSSR count). The first-order chi connectivity index (χ1) is 9.36. The SMILES string of the molecule is COc1ccc([Se]c2cccc3ccccc23)cc1. The zero-order valence-corrected chi connectivity index (χ0v) is 12.4. The molecule has 0 heterocycles. The molecule has 0 unspecified atom stereocenters. The van der Waals surface area contributed by atoms with Gasteiger partial charge in [0.1, 0.15) is 0 Å². The summed E-state index contributed by atoms with van der Waals surface area (Å²) < 4.78 is 7.99. The van der Waals surface area contributed by atoms with E-state index in [0.717, 1.165) is 5.75 Å². The maximum atomic E-state index is 5.20. The Balaban J connectivity index is 1.96. The second-order valence-electron chi connectivity index (χ2n) is 4.25. The van der Waals surface area contributed by atoms with Gasteiger partial charge in [-0.15, -0.1) is 0 Å². The van der Waals surface area contributed by atoms with E-state index in [9.17, 15) is 0 Å². The third-order valence-corrected chi connectivity index (χ3v) is 5.31. The van der Waals surface area contributed by atoms with Crippen LogP contribution in [-0.4, -0.2) is 22.1 Å². The van der Waals surface area contributed by atoms with E-state index < -0.39 is 0 Å². The Hall–Kier alpha value is -1.76. The van der Waals surface area contributed by atoms with Crippen LogP contribution >= 0.6 is 0 Å². The van der Waals surface area contributed by atoms with Gasteiger partial charge in [-0.1, -0.05) is 0 Å². The van der Waals surface area contributed by atoms with Crippen LogP contribution in [0.5, 0.6) is 5.75 Å². The Morgan fingerprint density at radius 3 is 2.32 bits per heavy atom. The Morgan fingerprint density at radius 1 is 0.789 bits per heavy atom. The average molecular weight is 313 g/mol. The van der Waals surface area contributed by atoms with Crippen LogP contribution in [0.1, 0.15) is 0 Å². The fourth-order valence-corrected chi connectivity index (χ4v) is 4.09. The molecular weight excluding hydrogens is 299 g/mol. The Morgan fingerprint density at radius 2 is 1.53 bits per heavy atom. The first-order valence-corrected chi connectivity index (χ1v) is 7.88. The van der Waals surface area contributed by atoms with Crippen molar-refractivity contribution in [2.75, 3.05) is 7.11 Å². The standard InChI is InChI=1S/C17H14OSe/c1-18-14-9-11-15(12-10-14)19-17-8-4-6-13-5-2-3-7-16(13)17/h2-12H,1H3. The van der Waals surface area contributed by atoms with Crippen LogP contribution in [0.2, 0.25) is 0 Å². The molecule has 0 saturated carbocycles. The van der Waals surface area contributed by atoms with Gasteiger partial charge < -0.3 is 0 Å². The van der Waals surface area contributed by atoms with E-state index in [1.54, 1.807) is 7.11 Å². The predicted molar refractivity (Wildman–Crippen MR) is 82.0 cm³/mol. The Kier molecular flexibility index (Phi) is 3.54. The molecule has 0 fully saturated rings. The summed E-state index contributed by atoms with van der Waals surface area (Å²) in [7, 11) is 1.70. The van der Waals surface area contributed by atoms with Crippen LogP contribution in [0, 0.1) is 0 Å². The van der Waals surface area contributed by atoms with Crippen molar-refractivity contribution in [3.05, 3.63) is 66.7 Å². The molecule has 0 N–H and O–H groups in total. The number of benzene rings is 3. The molecule has 94 valence electrons. The van der Waals surface area contributed by atoms with Gasteiger partial charge in [0.25, 0.3) is 0 Å². The zero-order valence-electron chi connectivity index (χ0n) is 10.7. The van der Waals surface area contributed by atoms with Crippen molar-refractivity contribution in [1.82, 2.24) is 0 Å².